The molecule has 0 bridgehead atoms. The lowest BCUT2D eigenvalue weighted by molar-refractivity contribution is -0.120. The van der Waals surface area contributed by atoms with Gasteiger partial charge in [0.25, 0.3) is 0 Å². The van der Waals surface area contributed by atoms with E-state index in [0.717, 1.165) is 10.4 Å². The number of aliphatic hydroxyl groups excluding tert-OH is 1. The van der Waals surface area contributed by atoms with Crippen LogP contribution in [0.1, 0.15) is 27.7 Å². The van der Waals surface area contributed by atoms with Gasteiger partial charge in [-0.2, -0.15) is 0 Å². The number of thiophene rings is 1. The molecule has 1 aromatic heterocycles. The Morgan fingerprint density at radius 2 is 2.00 bits per heavy atom. The van der Waals surface area contributed by atoms with Crippen molar-refractivity contribution in [1.29, 1.82) is 0 Å². The van der Waals surface area contributed by atoms with E-state index in [4.69, 9.17) is 0 Å². The summed E-state index contributed by atoms with van der Waals surface area (Å²) in [5.74, 6) is 0.195. The molecular weight excluding hydrogens is 282 g/mol. The van der Waals surface area contributed by atoms with Crippen molar-refractivity contribution in [3.63, 3.8) is 0 Å². The lowest BCUT2D eigenvalue weighted by Crippen LogP contribution is -2.29. The molecule has 112 valence electrons. The first-order valence-corrected chi connectivity index (χ1v) is 7.98. The van der Waals surface area contributed by atoms with Crippen molar-refractivity contribution in [1.82, 2.24) is 5.32 Å². The Bertz CT molecular complexity index is 565. The van der Waals surface area contributed by atoms with Crippen LogP contribution >= 0.6 is 11.3 Å². The van der Waals surface area contributed by atoms with E-state index in [1.165, 1.54) is 4.88 Å². The van der Waals surface area contributed by atoms with E-state index in [2.05, 4.69) is 5.32 Å². The summed E-state index contributed by atoms with van der Waals surface area (Å²) >= 11 is 1.66. The second-order valence-corrected chi connectivity index (χ2v) is 6.49. The third-order valence-electron chi connectivity index (χ3n) is 3.42. The largest absolute Gasteiger partial charge is 0.396 e. The predicted octanol–water partition coefficient (Wildman–Crippen LogP) is 2.88. The Morgan fingerprint density at radius 1 is 1.24 bits per heavy atom. The highest BCUT2D eigenvalue weighted by Gasteiger charge is 2.13. The maximum atomic E-state index is 12.0. The van der Waals surface area contributed by atoms with Gasteiger partial charge in [0, 0.05) is 28.8 Å². The van der Waals surface area contributed by atoms with Crippen LogP contribution in [0.15, 0.2) is 42.5 Å². The average Bonchev–Trinajstić information content (AvgIpc) is 2.89. The fraction of sp³-hybridized carbons (Fsp3) is 0.353. The van der Waals surface area contributed by atoms with E-state index in [0.29, 0.717) is 19.4 Å². The monoisotopic (exact) mass is 303 g/mol. The number of hydrogen-bond donors (Lipinski definition) is 2. The number of aliphatic hydroxyl groups is 1. The molecule has 0 radical (unpaired) electrons. The molecule has 2 N–H and O–H groups in total. The maximum Gasteiger partial charge on any atom is 0.225 e. The average molecular weight is 303 g/mol. The summed E-state index contributed by atoms with van der Waals surface area (Å²) in [7, 11) is 0. The van der Waals surface area contributed by atoms with Crippen LogP contribution < -0.4 is 5.32 Å². The van der Waals surface area contributed by atoms with Gasteiger partial charge in [-0.25, -0.2) is 0 Å². The number of amides is 1. The lowest BCUT2D eigenvalue weighted by atomic mass is 9.96. The van der Waals surface area contributed by atoms with Gasteiger partial charge in [-0.1, -0.05) is 30.3 Å². The number of aryl methyl sites for hydroxylation is 1. The van der Waals surface area contributed by atoms with E-state index < -0.39 is 0 Å². The van der Waals surface area contributed by atoms with E-state index in [1.807, 2.05) is 49.4 Å². The van der Waals surface area contributed by atoms with Crippen LogP contribution in [-0.2, 0) is 11.2 Å². The van der Waals surface area contributed by atoms with Crippen molar-refractivity contribution >= 4 is 17.2 Å². The molecule has 1 atom stereocenters. The lowest BCUT2D eigenvalue weighted by Gasteiger charge is -2.17. The quantitative estimate of drug-likeness (QED) is 0.826. The molecule has 21 heavy (non-hydrogen) atoms. The van der Waals surface area contributed by atoms with Gasteiger partial charge in [-0.15, -0.1) is 11.3 Å². The molecule has 1 amide bonds. The van der Waals surface area contributed by atoms with Gasteiger partial charge in [0.15, 0.2) is 0 Å². The molecule has 0 saturated heterocycles. The highest BCUT2D eigenvalue weighted by Crippen LogP contribution is 2.19. The van der Waals surface area contributed by atoms with Gasteiger partial charge in [0.05, 0.1) is 6.42 Å². The van der Waals surface area contributed by atoms with E-state index in [-0.39, 0.29) is 18.4 Å². The zero-order chi connectivity index (χ0) is 15.1. The van der Waals surface area contributed by atoms with Gasteiger partial charge >= 0.3 is 0 Å². The van der Waals surface area contributed by atoms with Crippen molar-refractivity contribution in [2.24, 2.45) is 0 Å². The van der Waals surface area contributed by atoms with E-state index in [9.17, 15) is 9.90 Å². The SMILES string of the molecule is Cc1ccc(CC(=O)NCC(CCO)c2ccccc2)s1. The molecule has 1 heterocycles. The zero-order valence-corrected chi connectivity index (χ0v) is 13.0. The summed E-state index contributed by atoms with van der Waals surface area (Å²) in [6, 6.07) is 14.0. The highest BCUT2D eigenvalue weighted by atomic mass is 32.1. The van der Waals surface area contributed by atoms with E-state index >= 15 is 0 Å². The van der Waals surface area contributed by atoms with Crippen molar-refractivity contribution in [3.8, 4) is 0 Å². The number of rotatable bonds is 7. The number of carbonyl (C=O) groups is 1. The van der Waals surface area contributed by atoms with Gasteiger partial charge < -0.3 is 10.4 Å². The van der Waals surface area contributed by atoms with Crippen LogP contribution in [0.3, 0.4) is 0 Å². The van der Waals surface area contributed by atoms with Crippen molar-refractivity contribution in [2.45, 2.75) is 25.7 Å². The molecule has 1 aromatic carbocycles. The van der Waals surface area contributed by atoms with Crippen LogP contribution in [0.4, 0.5) is 0 Å². The number of benzene rings is 1. The van der Waals surface area contributed by atoms with Crippen LogP contribution in [-0.4, -0.2) is 24.2 Å². The van der Waals surface area contributed by atoms with Crippen LogP contribution in [0.25, 0.3) is 0 Å². The Hall–Kier alpha value is -1.65. The second kappa shape index (κ2) is 7.96. The first-order chi connectivity index (χ1) is 10.2. The predicted molar refractivity (Wildman–Crippen MR) is 86.7 cm³/mol. The molecule has 3 nitrogen and oxygen atoms in total. The summed E-state index contributed by atoms with van der Waals surface area (Å²) in [5.41, 5.74) is 1.15. The van der Waals surface area contributed by atoms with E-state index in [1.54, 1.807) is 11.3 Å². The Morgan fingerprint density at radius 3 is 2.62 bits per heavy atom. The molecule has 1 unspecified atom stereocenters. The van der Waals surface area contributed by atoms with Crippen LogP contribution in [0.5, 0.6) is 0 Å². The summed E-state index contributed by atoms with van der Waals surface area (Å²) in [4.78, 5) is 14.3. The molecule has 0 saturated carbocycles. The molecule has 2 aromatic rings. The molecule has 0 fully saturated rings. The minimum absolute atomic E-state index is 0.0377. The summed E-state index contributed by atoms with van der Waals surface area (Å²) in [5, 5.41) is 12.2. The molecule has 0 aliphatic carbocycles. The third-order valence-corrected chi connectivity index (χ3v) is 4.43. The third kappa shape index (κ3) is 4.99. The number of carbonyl (C=O) groups excluding carboxylic acids is 1. The molecular formula is C17H21NO2S. The summed E-state index contributed by atoms with van der Waals surface area (Å²) < 4.78 is 0. The standard InChI is InChI=1S/C17H21NO2S/c1-13-7-8-16(21-13)11-17(20)18-12-15(9-10-19)14-5-3-2-4-6-14/h2-8,15,19H,9-12H2,1H3,(H,18,20). The van der Waals surface area contributed by atoms with Crippen molar-refractivity contribution in [2.75, 3.05) is 13.2 Å². The molecule has 4 heteroatoms. The van der Waals surface area contributed by atoms with Crippen LogP contribution in [0.2, 0.25) is 0 Å². The summed E-state index contributed by atoms with van der Waals surface area (Å²) in [6.07, 6.45) is 1.08. The molecule has 2 rings (SSSR count). The molecule has 0 aliphatic heterocycles. The fourth-order valence-electron chi connectivity index (χ4n) is 2.31. The van der Waals surface area contributed by atoms with Gasteiger partial charge in [-0.3, -0.25) is 4.79 Å². The van der Waals surface area contributed by atoms with Gasteiger partial charge in [-0.05, 0) is 31.0 Å². The number of nitrogens with one attached hydrogen (secondary N) is 1. The highest BCUT2D eigenvalue weighted by molar-refractivity contribution is 7.12. The number of hydrogen-bond acceptors (Lipinski definition) is 3. The Kier molecular flexibility index (Phi) is 5.96. The zero-order valence-electron chi connectivity index (χ0n) is 12.2. The Labute approximate surface area is 129 Å². The smallest absolute Gasteiger partial charge is 0.225 e. The normalized spacial score (nSPS) is 12.1. The first-order valence-electron chi connectivity index (χ1n) is 7.17. The van der Waals surface area contributed by atoms with Gasteiger partial charge in [0.1, 0.15) is 0 Å². The van der Waals surface area contributed by atoms with Gasteiger partial charge in [0.2, 0.25) is 5.91 Å². The van der Waals surface area contributed by atoms with Crippen LogP contribution in [0, 0.1) is 6.92 Å². The fourth-order valence-corrected chi connectivity index (χ4v) is 3.19. The summed E-state index contributed by atoms with van der Waals surface area (Å²) in [6.45, 7) is 2.73. The second-order valence-electron chi connectivity index (χ2n) is 5.11. The minimum Gasteiger partial charge on any atom is -0.396 e. The minimum atomic E-state index is 0.0377. The first kappa shape index (κ1) is 15.7. The Balaban J connectivity index is 1.88. The van der Waals surface area contributed by atoms with Crippen molar-refractivity contribution in [3.05, 3.63) is 57.8 Å². The molecule has 0 aliphatic rings. The molecule has 0 spiro atoms. The maximum absolute atomic E-state index is 12.0. The van der Waals surface area contributed by atoms with Crippen molar-refractivity contribution < 1.29 is 9.90 Å². The topological polar surface area (TPSA) is 49.3 Å².